The van der Waals surface area contributed by atoms with E-state index in [0.717, 1.165) is 43.3 Å². The fraction of sp³-hybridized carbons (Fsp3) is 0.500. The van der Waals surface area contributed by atoms with E-state index in [-0.39, 0.29) is 0 Å². The van der Waals surface area contributed by atoms with Crippen molar-refractivity contribution in [2.24, 2.45) is 4.99 Å². The quantitative estimate of drug-likeness (QED) is 0.583. The lowest BCUT2D eigenvalue weighted by Gasteiger charge is -2.14. The van der Waals surface area contributed by atoms with Crippen molar-refractivity contribution >= 4 is 11.6 Å². The van der Waals surface area contributed by atoms with Crippen LogP contribution in [-0.4, -0.2) is 41.0 Å². The highest BCUT2D eigenvalue weighted by molar-refractivity contribution is 5.93. The molecular weight excluding hydrogens is 332 g/mol. The number of nitrogens with zero attached hydrogens (tertiary/aromatic N) is 4. The van der Waals surface area contributed by atoms with Gasteiger partial charge in [-0.25, -0.2) is 4.99 Å². The zero-order chi connectivity index (χ0) is 18.4. The molecular formula is C18H26N6O2. The Balaban J connectivity index is 1.74. The van der Waals surface area contributed by atoms with Crippen LogP contribution in [-0.2, 0) is 19.5 Å². The van der Waals surface area contributed by atoms with Crippen LogP contribution in [0.25, 0.3) is 0 Å². The lowest BCUT2D eigenvalue weighted by atomic mass is 10.2. The van der Waals surface area contributed by atoms with Crippen LogP contribution in [0.4, 0.5) is 5.69 Å². The second-order valence-corrected chi connectivity index (χ2v) is 5.91. The Bertz CT molecular complexity index is 771. The molecule has 2 N–H and O–H groups in total. The van der Waals surface area contributed by atoms with E-state index in [0.29, 0.717) is 30.6 Å². The van der Waals surface area contributed by atoms with Crippen molar-refractivity contribution in [1.82, 2.24) is 20.1 Å². The van der Waals surface area contributed by atoms with Gasteiger partial charge in [-0.2, -0.15) is 0 Å². The number of rotatable bonds is 7. The molecule has 2 heterocycles. The number of nitrogens with one attached hydrogen (secondary N) is 2. The van der Waals surface area contributed by atoms with E-state index in [2.05, 4.69) is 30.4 Å². The number of methoxy groups -OCH3 is 1. The Morgan fingerprint density at radius 2 is 2.15 bits per heavy atom. The molecule has 0 saturated carbocycles. The highest BCUT2D eigenvalue weighted by Gasteiger charge is 2.16. The van der Waals surface area contributed by atoms with Crippen LogP contribution in [0.2, 0.25) is 0 Å². The molecule has 1 aromatic heterocycles. The number of aromatic nitrogens is 3. The third-order valence-corrected chi connectivity index (χ3v) is 4.14. The van der Waals surface area contributed by atoms with E-state index < -0.39 is 0 Å². The Kier molecular flexibility index (Phi) is 5.93. The van der Waals surface area contributed by atoms with Gasteiger partial charge in [0.2, 0.25) is 0 Å². The second kappa shape index (κ2) is 8.55. The van der Waals surface area contributed by atoms with Crippen LogP contribution in [0.15, 0.2) is 23.2 Å². The molecule has 1 aliphatic rings. The first-order valence-electron chi connectivity index (χ1n) is 9.02. The summed E-state index contributed by atoms with van der Waals surface area (Å²) in [4.78, 5) is 4.65. The maximum Gasteiger partial charge on any atom is 0.196 e. The summed E-state index contributed by atoms with van der Waals surface area (Å²) < 4.78 is 13.1. The van der Waals surface area contributed by atoms with Crippen molar-refractivity contribution < 1.29 is 9.47 Å². The van der Waals surface area contributed by atoms with Crippen LogP contribution in [0.3, 0.4) is 0 Å². The van der Waals surface area contributed by atoms with Gasteiger partial charge in [0.1, 0.15) is 12.4 Å². The molecule has 26 heavy (non-hydrogen) atoms. The Morgan fingerprint density at radius 1 is 1.27 bits per heavy atom. The molecule has 0 radical (unpaired) electrons. The Labute approximate surface area is 153 Å². The van der Waals surface area contributed by atoms with Crippen LogP contribution in [0, 0.1) is 0 Å². The van der Waals surface area contributed by atoms with Gasteiger partial charge in [-0.3, -0.25) is 0 Å². The van der Waals surface area contributed by atoms with Gasteiger partial charge in [-0.05, 0) is 32.4 Å². The van der Waals surface area contributed by atoms with Gasteiger partial charge in [-0.1, -0.05) is 0 Å². The van der Waals surface area contributed by atoms with Gasteiger partial charge < -0.3 is 24.7 Å². The maximum atomic E-state index is 5.63. The van der Waals surface area contributed by atoms with Crippen molar-refractivity contribution in [2.75, 3.05) is 25.6 Å². The summed E-state index contributed by atoms with van der Waals surface area (Å²) in [6, 6.07) is 5.72. The van der Waals surface area contributed by atoms with Crippen molar-refractivity contribution in [3.05, 3.63) is 29.8 Å². The molecule has 140 valence electrons. The maximum absolute atomic E-state index is 5.63. The molecule has 0 fully saturated rings. The number of fused-ring (bicyclic) bond motifs is 1. The normalized spacial score (nSPS) is 13.4. The zero-order valence-corrected chi connectivity index (χ0v) is 15.6. The standard InChI is InChI=1S/C18H26N6O2/c1-4-19-18(20-12-17-23-22-16-7-6-10-24(16)17)21-13-8-9-14(25-3)15(11-13)26-5-2/h8-9,11H,4-7,10,12H2,1-3H3,(H2,19,20,21). The highest BCUT2D eigenvalue weighted by atomic mass is 16.5. The predicted octanol–water partition coefficient (Wildman–Crippen LogP) is 2.21. The molecule has 0 bridgehead atoms. The predicted molar refractivity (Wildman–Crippen MR) is 101 cm³/mol. The SMILES string of the molecule is CCNC(=NCc1nnc2n1CCC2)Nc1ccc(OC)c(OCC)c1. The minimum absolute atomic E-state index is 0.483. The average Bonchev–Trinajstić information content (AvgIpc) is 3.24. The van der Waals surface area contributed by atoms with Crippen LogP contribution >= 0.6 is 0 Å². The topological polar surface area (TPSA) is 85.6 Å². The molecule has 8 heteroatoms. The van der Waals surface area contributed by atoms with Crippen LogP contribution < -0.4 is 20.1 Å². The molecule has 1 aliphatic heterocycles. The van der Waals surface area contributed by atoms with Crippen molar-refractivity contribution in [3.8, 4) is 11.5 Å². The second-order valence-electron chi connectivity index (χ2n) is 5.91. The van der Waals surface area contributed by atoms with E-state index in [1.54, 1.807) is 7.11 Å². The van der Waals surface area contributed by atoms with Gasteiger partial charge >= 0.3 is 0 Å². The van der Waals surface area contributed by atoms with Gasteiger partial charge in [0.15, 0.2) is 23.3 Å². The molecule has 1 aromatic carbocycles. The third-order valence-electron chi connectivity index (χ3n) is 4.14. The molecule has 0 aliphatic carbocycles. The zero-order valence-electron chi connectivity index (χ0n) is 15.6. The lowest BCUT2D eigenvalue weighted by Crippen LogP contribution is -2.30. The van der Waals surface area contributed by atoms with Crippen LogP contribution in [0.5, 0.6) is 11.5 Å². The number of aliphatic imine (C=N–C) groups is 1. The Morgan fingerprint density at radius 3 is 2.92 bits per heavy atom. The van der Waals surface area contributed by atoms with Crippen molar-refractivity contribution in [3.63, 3.8) is 0 Å². The van der Waals surface area contributed by atoms with E-state index in [1.165, 1.54) is 0 Å². The van der Waals surface area contributed by atoms with Crippen LogP contribution in [0.1, 0.15) is 31.9 Å². The molecule has 0 unspecified atom stereocenters. The monoisotopic (exact) mass is 358 g/mol. The van der Waals surface area contributed by atoms with E-state index >= 15 is 0 Å². The van der Waals surface area contributed by atoms with Crippen molar-refractivity contribution in [1.29, 1.82) is 0 Å². The number of benzene rings is 1. The first-order valence-corrected chi connectivity index (χ1v) is 9.02. The van der Waals surface area contributed by atoms with Gasteiger partial charge in [0.25, 0.3) is 0 Å². The summed E-state index contributed by atoms with van der Waals surface area (Å²) in [6.45, 7) is 6.78. The summed E-state index contributed by atoms with van der Waals surface area (Å²) in [5.74, 6) is 4.06. The first-order chi connectivity index (χ1) is 12.7. The summed E-state index contributed by atoms with van der Waals surface area (Å²) >= 11 is 0. The summed E-state index contributed by atoms with van der Waals surface area (Å²) in [5.41, 5.74) is 0.875. The van der Waals surface area contributed by atoms with E-state index in [9.17, 15) is 0 Å². The van der Waals surface area contributed by atoms with Gasteiger partial charge in [-0.15, -0.1) is 10.2 Å². The molecule has 8 nitrogen and oxygen atoms in total. The molecule has 0 saturated heterocycles. The lowest BCUT2D eigenvalue weighted by molar-refractivity contribution is 0.311. The molecule has 0 spiro atoms. The number of aryl methyl sites for hydroxylation is 1. The number of hydrogen-bond donors (Lipinski definition) is 2. The number of guanidine groups is 1. The van der Waals surface area contributed by atoms with E-state index in [1.807, 2.05) is 32.0 Å². The molecule has 0 atom stereocenters. The first kappa shape index (κ1) is 18.0. The largest absolute Gasteiger partial charge is 0.493 e. The highest BCUT2D eigenvalue weighted by Crippen LogP contribution is 2.30. The summed E-state index contributed by atoms with van der Waals surface area (Å²) in [5, 5.41) is 15.0. The average molecular weight is 358 g/mol. The fourth-order valence-corrected chi connectivity index (χ4v) is 2.94. The molecule has 3 rings (SSSR count). The fourth-order valence-electron chi connectivity index (χ4n) is 2.94. The van der Waals surface area contributed by atoms with Crippen molar-refractivity contribution in [2.45, 2.75) is 39.8 Å². The van der Waals surface area contributed by atoms with E-state index in [4.69, 9.17) is 9.47 Å². The number of hydrogen-bond acceptors (Lipinski definition) is 5. The summed E-state index contributed by atoms with van der Waals surface area (Å²) in [7, 11) is 1.63. The smallest absolute Gasteiger partial charge is 0.196 e. The minimum Gasteiger partial charge on any atom is -0.493 e. The minimum atomic E-state index is 0.483. The molecule has 2 aromatic rings. The number of ether oxygens (including phenoxy) is 2. The van der Waals surface area contributed by atoms with Gasteiger partial charge in [0, 0.05) is 31.3 Å². The third kappa shape index (κ3) is 4.07. The molecule has 0 amide bonds. The Hall–Kier alpha value is -2.77. The van der Waals surface area contributed by atoms with Gasteiger partial charge in [0.05, 0.1) is 13.7 Å². The summed E-state index contributed by atoms with van der Waals surface area (Å²) in [6.07, 6.45) is 2.13. The number of anilines is 1.